The van der Waals surface area contributed by atoms with E-state index in [-0.39, 0.29) is 11.6 Å². The van der Waals surface area contributed by atoms with Crippen LogP contribution in [0.1, 0.15) is 16.2 Å². The monoisotopic (exact) mass is 262 g/mol. The molecule has 1 amide bonds. The molecule has 0 bridgehead atoms. The topological polar surface area (TPSA) is 80.9 Å². The van der Waals surface area contributed by atoms with Gasteiger partial charge in [0.25, 0.3) is 5.91 Å². The summed E-state index contributed by atoms with van der Waals surface area (Å²) in [7, 11) is 0. The van der Waals surface area contributed by atoms with Crippen LogP contribution in [0, 0.1) is 6.92 Å². The molecule has 0 unspecified atom stereocenters. The molecule has 6 heteroatoms. The molecule has 92 valence electrons. The summed E-state index contributed by atoms with van der Waals surface area (Å²) in [6.07, 6.45) is 2.95. The van der Waals surface area contributed by atoms with Crippen molar-refractivity contribution in [2.75, 3.05) is 11.1 Å². The Morgan fingerprint density at radius 1 is 1.33 bits per heavy atom. The molecule has 0 aliphatic carbocycles. The van der Waals surface area contributed by atoms with Crippen molar-refractivity contribution >= 4 is 28.9 Å². The number of rotatable bonds is 2. The first-order valence-electron chi connectivity index (χ1n) is 5.21. The van der Waals surface area contributed by atoms with Crippen LogP contribution in [0.15, 0.2) is 30.6 Å². The van der Waals surface area contributed by atoms with Gasteiger partial charge in [0.2, 0.25) is 0 Å². The van der Waals surface area contributed by atoms with E-state index in [9.17, 15) is 4.79 Å². The normalized spacial score (nSPS) is 10.1. The van der Waals surface area contributed by atoms with Crippen molar-refractivity contribution in [2.24, 2.45) is 0 Å². The van der Waals surface area contributed by atoms with E-state index in [0.717, 1.165) is 5.69 Å². The fourth-order valence-corrected chi connectivity index (χ4v) is 1.49. The van der Waals surface area contributed by atoms with Crippen LogP contribution in [0.25, 0.3) is 0 Å². The molecule has 0 aliphatic heterocycles. The minimum Gasteiger partial charge on any atom is -0.398 e. The van der Waals surface area contributed by atoms with Crippen molar-refractivity contribution in [2.45, 2.75) is 6.92 Å². The third-order valence-corrected chi connectivity index (χ3v) is 2.60. The van der Waals surface area contributed by atoms with E-state index in [0.29, 0.717) is 16.4 Å². The first kappa shape index (κ1) is 12.3. The lowest BCUT2D eigenvalue weighted by molar-refractivity contribution is 0.102. The highest BCUT2D eigenvalue weighted by Crippen LogP contribution is 2.22. The highest BCUT2D eigenvalue weighted by atomic mass is 35.5. The SMILES string of the molecule is Cc1cnc(C(=O)Nc2ccc(N)c(Cl)c2)cn1. The van der Waals surface area contributed by atoms with Crippen LogP contribution in [0.4, 0.5) is 11.4 Å². The molecule has 1 aromatic heterocycles. The minimum atomic E-state index is -0.344. The lowest BCUT2D eigenvalue weighted by Crippen LogP contribution is -2.14. The zero-order valence-electron chi connectivity index (χ0n) is 9.64. The predicted molar refractivity (Wildman–Crippen MR) is 70.6 cm³/mol. The fourth-order valence-electron chi connectivity index (χ4n) is 1.31. The number of hydrogen-bond acceptors (Lipinski definition) is 4. The quantitative estimate of drug-likeness (QED) is 0.814. The van der Waals surface area contributed by atoms with Gasteiger partial charge in [-0.1, -0.05) is 11.6 Å². The Bertz CT molecular complexity index is 583. The van der Waals surface area contributed by atoms with E-state index in [1.165, 1.54) is 12.4 Å². The number of amides is 1. The van der Waals surface area contributed by atoms with Crippen LogP contribution in [0.3, 0.4) is 0 Å². The van der Waals surface area contributed by atoms with Gasteiger partial charge < -0.3 is 11.1 Å². The van der Waals surface area contributed by atoms with Gasteiger partial charge >= 0.3 is 0 Å². The van der Waals surface area contributed by atoms with Crippen molar-refractivity contribution in [3.8, 4) is 0 Å². The van der Waals surface area contributed by atoms with Crippen molar-refractivity contribution in [3.05, 3.63) is 47.0 Å². The Labute approximate surface area is 109 Å². The van der Waals surface area contributed by atoms with Gasteiger partial charge in [-0.2, -0.15) is 0 Å². The van der Waals surface area contributed by atoms with Crippen molar-refractivity contribution in [3.63, 3.8) is 0 Å². The number of anilines is 2. The Balaban J connectivity index is 2.16. The fraction of sp³-hybridized carbons (Fsp3) is 0.0833. The van der Waals surface area contributed by atoms with Crippen LogP contribution >= 0.6 is 11.6 Å². The Morgan fingerprint density at radius 2 is 2.11 bits per heavy atom. The number of carbonyl (C=O) groups excluding carboxylic acids is 1. The van der Waals surface area contributed by atoms with Crippen molar-refractivity contribution in [1.29, 1.82) is 0 Å². The van der Waals surface area contributed by atoms with Gasteiger partial charge in [0.05, 0.1) is 22.6 Å². The van der Waals surface area contributed by atoms with Crippen molar-refractivity contribution in [1.82, 2.24) is 9.97 Å². The number of nitrogens with zero attached hydrogens (tertiary/aromatic N) is 2. The minimum absolute atomic E-state index is 0.244. The highest BCUT2D eigenvalue weighted by Gasteiger charge is 2.08. The number of nitrogens with one attached hydrogen (secondary N) is 1. The molecule has 0 spiro atoms. The van der Waals surface area contributed by atoms with Gasteiger partial charge in [-0.15, -0.1) is 0 Å². The number of halogens is 1. The second-order valence-electron chi connectivity index (χ2n) is 3.73. The largest absolute Gasteiger partial charge is 0.398 e. The Morgan fingerprint density at radius 3 is 2.72 bits per heavy atom. The number of carbonyl (C=O) groups is 1. The molecular weight excluding hydrogens is 252 g/mol. The standard InChI is InChI=1S/C12H11ClN4O/c1-7-5-16-11(6-15-7)12(18)17-8-2-3-10(14)9(13)4-8/h2-6H,14H2,1H3,(H,17,18). The van der Waals surface area contributed by atoms with Crippen LogP contribution in [0.2, 0.25) is 5.02 Å². The molecule has 0 atom stereocenters. The van der Waals surface area contributed by atoms with Gasteiger partial charge in [-0.05, 0) is 25.1 Å². The number of hydrogen-bond donors (Lipinski definition) is 2. The molecule has 1 heterocycles. The molecule has 0 saturated carbocycles. The van der Waals surface area contributed by atoms with Crippen molar-refractivity contribution < 1.29 is 4.79 Å². The molecule has 5 nitrogen and oxygen atoms in total. The maximum atomic E-state index is 11.8. The summed E-state index contributed by atoms with van der Waals surface area (Å²) in [5, 5.41) is 3.06. The van der Waals surface area contributed by atoms with E-state index in [1.54, 1.807) is 25.1 Å². The van der Waals surface area contributed by atoms with E-state index >= 15 is 0 Å². The first-order chi connectivity index (χ1) is 8.56. The van der Waals surface area contributed by atoms with Crippen LogP contribution in [-0.2, 0) is 0 Å². The molecule has 2 rings (SSSR count). The summed E-state index contributed by atoms with van der Waals surface area (Å²) in [6, 6.07) is 4.87. The maximum absolute atomic E-state index is 11.8. The van der Waals surface area contributed by atoms with Gasteiger partial charge in [0.1, 0.15) is 5.69 Å². The maximum Gasteiger partial charge on any atom is 0.275 e. The van der Waals surface area contributed by atoms with Gasteiger partial charge in [0.15, 0.2) is 0 Å². The zero-order chi connectivity index (χ0) is 13.1. The summed E-state index contributed by atoms with van der Waals surface area (Å²) >= 11 is 5.86. The van der Waals surface area contributed by atoms with Crippen LogP contribution in [0.5, 0.6) is 0 Å². The van der Waals surface area contributed by atoms with Gasteiger partial charge in [-0.3, -0.25) is 9.78 Å². The Kier molecular flexibility index (Phi) is 3.43. The first-order valence-corrected chi connectivity index (χ1v) is 5.59. The molecule has 0 radical (unpaired) electrons. The zero-order valence-corrected chi connectivity index (χ0v) is 10.4. The third kappa shape index (κ3) is 2.75. The number of nitrogen functional groups attached to an aromatic ring is 1. The van der Waals surface area contributed by atoms with Gasteiger partial charge in [0, 0.05) is 11.9 Å². The molecule has 0 aliphatic rings. The van der Waals surface area contributed by atoms with Crippen LogP contribution in [-0.4, -0.2) is 15.9 Å². The molecule has 0 saturated heterocycles. The molecule has 18 heavy (non-hydrogen) atoms. The lowest BCUT2D eigenvalue weighted by atomic mass is 10.2. The molecular formula is C12H11ClN4O. The summed E-state index contributed by atoms with van der Waals surface area (Å²) in [5.74, 6) is -0.344. The lowest BCUT2D eigenvalue weighted by Gasteiger charge is -2.06. The summed E-state index contributed by atoms with van der Waals surface area (Å²) < 4.78 is 0. The van der Waals surface area contributed by atoms with E-state index in [4.69, 9.17) is 17.3 Å². The Hall–Kier alpha value is -2.14. The molecule has 3 N–H and O–H groups in total. The predicted octanol–water partition coefficient (Wildman–Crippen LogP) is 2.27. The van der Waals surface area contributed by atoms with Gasteiger partial charge in [-0.25, -0.2) is 4.98 Å². The average Bonchev–Trinajstić information content (AvgIpc) is 2.34. The van der Waals surface area contributed by atoms with E-state index in [2.05, 4.69) is 15.3 Å². The summed E-state index contributed by atoms with van der Waals surface area (Å²) in [5.41, 5.74) is 7.60. The second-order valence-corrected chi connectivity index (χ2v) is 4.14. The smallest absolute Gasteiger partial charge is 0.275 e. The highest BCUT2D eigenvalue weighted by molar-refractivity contribution is 6.33. The average molecular weight is 263 g/mol. The molecule has 2 aromatic rings. The van der Waals surface area contributed by atoms with E-state index < -0.39 is 0 Å². The number of aryl methyl sites for hydroxylation is 1. The summed E-state index contributed by atoms with van der Waals surface area (Å²) in [6.45, 7) is 1.80. The third-order valence-electron chi connectivity index (χ3n) is 2.27. The molecule has 1 aromatic carbocycles. The second kappa shape index (κ2) is 5.01. The van der Waals surface area contributed by atoms with E-state index in [1.807, 2.05) is 0 Å². The number of aromatic nitrogens is 2. The molecule has 0 fully saturated rings. The number of nitrogens with two attached hydrogens (primary N) is 1. The van der Waals surface area contributed by atoms with Crippen LogP contribution < -0.4 is 11.1 Å². The summed E-state index contributed by atoms with van der Waals surface area (Å²) in [4.78, 5) is 19.8. The number of benzene rings is 1.